The first-order valence-corrected chi connectivity index (χ1v) is 13.6. The van der Waals surface area contributed by atoms with E-state index < -0.39 is 11.7 Å². The van der Waals surface area contributed by atoms with Crippen molar-refractivity contribution in [1.29, 1.82) is 0 Å². The summed E-state index contributed by atoms with van der Waals surface area (Å²) < 4.78 is 47.1. The van der Waals surface area contributed by atoms with Crippen LogP contribution in [-0.2, 0) is 27.0 Å². The van der Waals surface area contributed by atoms with Crippen molar-refractivity contribution in [1.82, 2.24) is 19.6 Å². The predicted octanol–water partition coefficient (Wildman–Crippen LogP) is 4.91. The SMILES string of the molecule is COCC(=O)N1CCN(C2=NC(=O)C(=Cc3ccc4c(cnn4Cc4ccc(Cl)cc4C(F)(F)F)c3)S2)C(C)C1. The molecule has 40 heavy (non-hydrogen) atoms. The summed E-state index contributed by atoms with van der Waals surface area (Å²) in [5, 5.41) is 5.63. The molecule has 210 valence electrons. The molecule has 1 fully saturated rings. The Morgan fingerprint density at radius 3 is 2.75 bits per heavy atom. The van der Waals surface area contributed by atoms with Crippen LogP contribution >= 0.6 is 23.4 Å². The lowest BCUT2D eigenvalue weighted by molar-refractivity contribution is -0.138. The molecule has 8 nitrogen and oxygen atoms in total. The molecular weight excluding hydrogens is 567 g/mol. The van der Waals surface area contributed by atoms with Gasteiger partial charge in [0.05, 0.1) is 28.7 Å². The summed E-state index contributed by atoms with van der Waals surface area (Å²) in [6, 6.07) is 9.06. The van der Waals surface area contributed by atoms with Crippen LogP contribution in [0.3, 0.4) is 0 Å². The predicted molar refractivity (Wildman–Crippen MR) is 148 cm³/mol. The number of hydrogen-bond donors (Lipinski definition) is 0. The Bertz CT molecular complexity index is 1540. The second-order valence-corrected chi connectivity index (χ2v) is 11.0. The van der Waals surface area contributed by atoms with Gasteiger partial charge in [-0.05, 0) is 60.2 Å². The van der Waals surface area contributed by atoms with E-state index in [-0.39, 0.29) is 41.6 Å². The smallest absolute Gasteiger partial charge is 0.375 e. The standard InChI is InChI=1S/C27H25ClF3N5O3S/c1-16-13-34(24(37)15-39-2)7-8-35(16)26-33-25(38)23(40-26)10-17-3-6-22-19(9-17)12-32-36(22)14-18-4-5-20(28)11-21(18)27(29,30)31/h3-6,9-12,16H,7-8,13-15H2,1-2H3. The Morgan fingerprint density at radius 1 is 1.23 bits per heavy atom. The first kappa shape index (κ1) is 28.2. The second kappa shape index (κ2) is 11.3. The van der Waals surface area contributed by atoms with E-state index >= 15 is 0 Å². The Kier molecular flexibility index (Phi) is 7.94. The Balaban J connectivity index is 1.30. The minimum atomic E-state index is -4.54. The second-order valence-electron chi connectivity index (χ2n) is 9.55. The van der Waals surface area contributed by atoms with Crippen molar-refractivity contribution in [2.75, 3.05) is 33.4 Å². The quantitative estimate of drug-likeness (QED) is 0.393. The molecule has 0 N–H and O–H groups in total. The Morgan fingerprint density at radius 2 is 2.02 bits per heavy atom. The third-order valence-corrected chi connectivity index (χ3v) is 8.02. The lowest BCUT2D eigenvalue weighted by atomic mass is 10.1. The van der Waals surface area contributed by atoms with Crippen LogP contribution in [0.1, 0.15) is 23.6 Å². The highest BCUT2D eigenvalue weighted by atomic mass is 35.5. The third kappa shape index (κ3) is 5.89. The van der Waals surface area contributed by atoms with Crippen molar-refractivity contribution in [2.24, 2.45) is 4.99 Å². The lowest BCUT2D eigenvalue weighted by Gasteiger charge is -2.40. The summed E-state index contributed by atoms with van der Waals surface area (Å²) >= 11 is 7.08. The summed E-state index contributed by atoms with van der Waals surface area (Å²) in [6.45, 7) is 3.51. The molecule has 5 rings (SSSR count). The van der Waals surface area contributed by atoms with Gasteiger partial charge in [-0.3, -0.25) is 14.3 Å². The molecule has 2 aromatic carbocycles. The van der Waals surface area contributed by atoms with Gasteiger partial charge in [0.2, 0.25) is 5.91 Å². The molecule has 1 aromatic heterocycles. The largest absolute Gasteiger partial charge is 0.416 e. The monoisotopic (exact) mass is 591 g/mol. The molecule has 13 heteroatoms. The van der Waals surface area contributed by atoms with Gasteiger partial charge in [0.25, 0.3) is 5.91 Å². The third-order valence-electron chi connectivity index (χ3n) is 6.76. The zero-order valence-electron chi connectivity index (χ0n) is 21.6. The molecule has 0 spiro atoms. The molecule has 2 aliphatic rings. The summed E-state index contributed by atoms with van der Waals surface area (Å²) in [5.74, 6) is -0.414. The Hall–Kier alpha value is -3.35. The van der Waals surface area contributed by atoms with Gasteiger partial charge in [-0.1, -0.05) is 23.7 Å². The van der Waals surface area contributed by atoms with Crippen LogP contribution < -0.4 is 0 Å². The van der Waals surface area contributed by atoms with E-state index in [1.807, 2.05) is 17.9 Å². The maximum Gasteiger partial charge on any atom is 0.416 e. The van der Waals surface area contributed by atoms with Gasteiger partial charge in [-0.15, -0.1) is 0 Å². The van der Waals surface area contributed by atoms with Crippen molar-refractivity contribution in [3.63, 3.8) is 0 Å². The number of amidine groups is 1. The number of alkyl halides is 3. The molecular formula is C27H25ClF3N5O3S. The van der Waals surface area contributed by atoms with Crippen LogP contribution in [0.4, 0.5) is 13.2 Å². The summed E-state index contributed by atoms with van der Waals surface area (Å²) in [6.07, 6.45) is -1.22. The minimum absolute atomic E-state index is 0.0134. The number of carbonyl (C=O) groups excluding carboxylic acids is 2. The molecule has 0 aliphatic carbocycles. The molecule has 0 saturated carbocycles. The number of halogens is 4. The number of piperazine rings is 1. The van der Waals surface area contributed by atoms with E-state index in [9.17, 15) is 22.8 Å². The minimum Gasteiger partial charge on any atom is -0.375 e. The van der Waals surface area contributed by atoms with Crippen LogP contribution in [0.25, 0.3) is 17.0 Å². The van der Waals surface area contributed by atoms with Gasteiger partial charge in [0, 0.05) is 43.2 Å². The van der Waals surface area contributed by atoms with E-state index in [1.165, 1.54) is 35.7 Å². The highest BCUT2D eigenvalue weighted by molar-refractivity contribution is 8.18. The van der Waals surface area contributed by atoms with Crippen molar-refractivity contribution < 1.29 is 27.5 Å². The van der Waals surface area contributed by atoms with Crippen molar-refractivity contribution in [2.45, 2.75) is 25.7 Å². The molecule has 0 radical (unpaired) electrons. The van der Waals surface area contributed by atoms with E-state index in [0.717, 1.165) is 17.0 Å². The fraction of sp³-hybridized carbons (Fsp3) is 0.333. The van der Waals surface area contributed by atoms with Gasteiger partial charge in [-0.2, -0.15) is 23.3 Å². The van der Waals surface area contributed by atoms with E-state index in [0.29, 0.717) is 35.2 Å². The number of aliphatic imine (C=N–C) groups is 1. The fourth-order valence-corrected chi connectivity index (χ4v) is 6.00. The van der Waals surface area contributed by atoms with Crippen LogP contribution in [0, 0.1) is 0 Å². The van der Waals surface area contributed by atoms with Crippen LogP contribution in [0.15, 0.2) is 52.5 Å². The zero-order valence-corrected chi connectivity index (χ0v) is 23.2. The van der Waals surface area contributed by atoms with Crippen molar-refractivity contribution >= 4 is 57.3 Å². The Labute approximate surface area is 237 Å². The van der Waals surface area contributed by atoms with Crippen LogP contribution in [-0.4, -0.2) is 76.0 Å². The number of nitrogens with zero attached hydrogens (tertiary/aromatic N) is 5. The number of aromatic nitrogens is 2. The van der Waals surface area contributed by atoms with Gasteiger partial charge >= 0.3 is 6.18 Å². The van der Waals surface area contributed by atoms with Gasteiger partial charge in [0.1, 0.15) is 6.61 Å². The zero-order chi connectivity index (χ0) is 28.6. The molecule has 3 heterocycles. The maximum atomic E-state index is 13.5. The van der Waals surface area contributed by atoms with Crippen molar-refractivity contribution in [3.8, 4) is 0 Å². The number of carbonyl (C=O) groups is 2. The summed E-state index contributed by atoms with van der Waals surface area (Å²) in [5.41, 5.74) is 0.658. The molecule has 1 saturated heterocycles. The summed E-state index contributed by atoms with van der Waals surface area (Å²) in [7, 11) is 1.49. The van der Waals surface area contributed by atoms with E-state index in [2.05, 4.69) is 10.1 Å². The number of ether oxygens (including phenoxy) is 1. The molecule has 1 atom stereocenters. The number of fused-ring (bicyclic) bond motifs is 1. The molecule has 2 aliphatic heterocycles. The maximum absolute atomic E-state index is 13.5. The van der Waals surface area contributed by atoms with E-state index in [4.69, 9.17) is 16.3 Å². The molecule has 3 aromatic rings. The highest BCUT2D eigenvalue weighted by Crippen LogP contribution is 2.35. The first-order valence-electron chi connectivity index (χ1n) is 12.4. The van der Waals surface area contributed by atoms with Gasteiger partial charge < -0.3 is 14.5 Å². The number of hydrogen-bond acceptors (Lipinski definition) is 6. The fourth-order valence-electron chi connectivity index (χ4n) is 4.79. The van der Waals surface area contributed by atoms with Gasteiger partial charge in [0.15, 0.2) is 5.17 Å². The average Bonchev–Trinajstić information content (AvgIpc) is 3.47. The summed E-state index contributed by atoms with van der Waals surface area (Å²) in [4.78, 5) is 33.3. The lowest BCUT2D eigenvalue weighted by Crippen LogP contribution is -2.55. The van der Waals surface area contributed by atoms with Crippen LogP contribution in [0.2, 0.25) is 5.02 Å². The highest BCUT2D eigenvalue weighted by Gasteiger charge is 2.34. The number of methoxy groups -OCH3 is 1. The van der Waals surface area contributed by atoms with Crippen LogP contribution in [0.5, 0.6) is 0 Å². The number of thioether (sulfide) groups is 1. The normalized spacial score (nSPS) is 19.1. The number of amides is 2. The topological polar surface area (TPSA) is 80.0 Å². The number of benzene rings is 2. The molecule has 0 bridgehead atoms. The molecule has 2 amide bonds. The average molecular weight is 592 g/mol. The molecule has 1 unspecified atom stereocenters. The van der Waals surface area contributed by atoms with E-state index in [1.54, 1.807) is 29.3 Å². The first-order chi connectivity index (χ1) is 19.0. The number of rotatable bonds is 5. The van der Waals surface area contributed by atoms with Crippen molar-refractivity contribution in [3.05, 3.63) is 69.2 Å². The van der Waals surface area contributed by atoms with Gasteiger partial charge in [-0.25, -0.2) is 0 Å².